The summed E-state index contributed by atoms with van der Waals surface area (Å²) in [7, 11) is 0. The minimum atomic E-state index is -0.112. The highest BCUT2D eigenvalue weighted by atomic mass is 16.5. The summed E-state index contributed by atoms with van der Waals surface area (Å²) >= 11 is 0. The van der Waals surface area contributed by atoms with Crippen molar-refractivity contribution in [2.75, 3.05) is 50.8 Å². The number of fused-ring (bicyclic) bond motifs is 1. The first-order chi connectivity index (χ1) is 15.7. The van der Waals surface area contributed by atoms with Gasteiger partial charge in [0, 0.05) is 45.2 Å². The second-order valence-corrected chi connectivity index (χ2v) is 8.12. The van der Waals surface area contributed by atoms with Crippen molar-refractivity contribution in [2.24, 2.45) is 0 Å². The monoisotopic (exact) mass is 435 g/mol. The first-order valence-electron chi connectivity index (χ1n) is 10.9. The van der Waals surface area contributed by atoms with Gasteiger partial charge in [-0.05, 0) is 12.1 Å². The van der Waals surface area contributed by atoms with E-state index in [-0.39, 0.29) is 12.1 Å². The summed E-state index contributed by atoms with van der Waals surface area (Å²) in [5.41, 5.74) is 2.43. The van der Waals surface area contributed by atoms with Crippen molar-refractivity contribution in [1.82, 2.24) is 24.8 Å². The molecule has 2 aromatic heterocycles. The number of hydrogen-bond acceptors (Lipinski definition) is 8. The number of aromatic nitrogens is 3. The number of rotatable bonds is 3. The van der Waals surface area contributed by atoms with Gasteiger partial charge >= 0.3 is 6.03 Å². The average Bonchev–Trinajstić information content (AvgIpc) is 3.32. The van der Waals surface area contributed by atoms with Gasteiger partial charge in [-0.25, -0.2) is 19.7 Å². The number of pyridine rings is 1. The van der Waals surface area contributed by atoms with Crippen molar-refractivity contribution in [1.29, 1.82) is 5.26 Å². The van der Waals surface area contributed by atoms with E-state index in [1.165, 1.54) is 6.33 Å². The Labute approximate surface area is 186 Å². The number of nitriles is 1. The van der Waals surface area contributed by atoms with Crippen LogP contribution in [0, 0.1) is 11.3 Å². The normalized spacial score (nSPS) is 20.6. The standard InChI is InChI=1S/C22H25N7O3/c23-12-16-2-1-5-24-20(16)28-7-4-19-18(14-28)21(26-15-25-19)32-17-3-6-29(13-17)22(30)27-8-10-31-11-9-27/h1-2,5,15,17H,3-4,6-11,13-14H2. The summed E-state index contributed by atoms with van der Waals surface area (Å²) in [5, 5.41) is 9.44. The van der Waals surface area contributed by atoms with Crippen LogP contribution in [0.15, 0.2) is 24.7 Å². The summed E-state index contributed by atoms with van der Waals surface area (Å²) in [6, 6.07) is 5.81. The van der Waals surface area contributed by atoms with E-state index in [9.17, 15) is 10.1 Å². The molecule has 166 valence electrons. The maximum atomic E-state index is 12.8. The van der Waals surface area contributed by atoms with Crippen LogP contribution in [-0.2, 0) is 17.7 Å². The zero-order valence-corrected chi connectivity index (χ0v) is 17.8. The van der Waals surface area contributed by atoms with Gasteiger partial charge in [-0.15, -0.1) is 0 Å². The number of carbonyl (C=O) groups is 1. The fourth-order valence-electron chi connectivity index (χ4n) is 4.44. The van der Waals surface area contributed by atoms with Crippen LogP contribution in [0.2, 0.25) is 0 Å². The highest BCUT2D eigenvalue weighted by Gasteiger charge is 2.33. The molecule has 0 aromatic carbocycles. The molecule has 3 aliphatic heterocycles. The Kier molecular flexibility index (Phi) is 5.73. The Morgan fingerprint density at radius 2 is 2.03 bits per heavy atom. The van der Waals surface area contributed by atoms with E-state index in [0.717, 1.165) is 30.6 Å². The van der Waals surface area contributed by atoms with Crippen molar-refractivity contribution in [3.63, 3.8) is 0 Å². The Balaban J connectivity index is 1.28. The molecule has 2 amide bonds. The molecule has 32 heavy (non-hydrogen) atoms. The van der Waals surface area contributed by atoms with Crippen LogP contribution < -0.4 is 9.64 Å². The van der Waals surface area contributed by atoms with E-state index in [2.05, 4.69) is 25.9 Å². The molecule has 5 heterocycles. The van der Waals surface area contributed by atoms with Gasteiger partial charge in [0.05, 0.1) is 43.1 Å². The van der Waals surface area contributed by atoms with Gasteiger partial charge in [0.15, 0.2) is 0 Å². The van der Waals surface area contributed by atoms with Gasteiger partial charge in [-0.3, -0.25) is 0 Å². The Morgan fingerprint density at radius 3 is 2.88 bits per heavy atom. The van der Waals surface area contributed by atoms with E-state index < -0.39 is 0 Å². The van der Waals surface area contributed by atoms with Crippen molar-refractivity contribution in [3.8, 4) is 11.9 Å². The summed E-state index contributed by atoms with van der Waals surface area (Å²) < 4.78 is 11.6. The molecule has 5 rings (SSSR count). The van der Waals surface area contributed by atoms with Gasteiger partial charge in [-0.2, -0.15) is 5.26 Å². The lowest BCUT2D eigenvalue weighted by atomic mass is 10.1. The second-order valence-electron chi connectivity index (χ2n) is 8.12. The predicted octanol–water partition coefficient (Wildman–Crippen LogP) is 1.21. The largest absolute Gasteiger partial charge is 0.472 e. The summed E-state index contributed by atoms with van der Waals surface area (Å²) in [4.78, 5) is 31.8. The molecule has 0 N–H and O–H groups in total. The van der Waals surface area contributed by atoms with Gasteiger partial charge in [0.25, 0.3) is 0 Å². The van der Waals surface area contributed by atoms with Crippen LogP contribution in [0.25, 0.3) is 0 Å². The predicted molar refractivity (Wildman–Crippen MR) is 114 cm³/mol. The molecule has 3 aliphatic rings. The zero-order chi connectivity index (χ0) is 21.9. The third-order valence-electron chi connectivity index (χ3n) is 6.14. The fourth-order valence-corrected chi connectivity index (χ4v) is 4.44. The molecule has 2 aromatic rings. The van der Waals surface area contributed by atoms with Gasteiger partial charge in [0.1, 0.15) is 24.3 Å². The first-order valence-corrected chi connectivity index (χ1v) is 10.9. The fraction of sp³-hybridized carbons (Fsp3) is 0.500. The van der Waals surface area contributed by atoms with Gasteiger partial charge in [-0.1, -0.05) is 0 Å². The molecule has 10 nitrogen and oxygen atoms in total. The van der Waals surface area contributed by atoms with Crippen LogP contribution in [0.4, 0.5) is 10.6 Å². The van der Waals surface area contributed by atoms with Crippen LogP contribution in [0.5, 0.6) is 5.88 Å². The SMILES string of the molecule is N#Cc1cccnc1N1CCc2ncnc(OC3CCN(C(=O)N4CCOCC4)C3)c2C1. The van der Waals surface area contributed by atoms with Crippen LogP contribution in [0.1, 0.15) is 23.2 Å². The lowest BCUT2D eigenvalue weighted by Crippen LogP contribution is -2.47. The Bertz CT molecular complexity index is 1030. The van der Waals surface area contributed by atoms with E-state index in [4.69, 9.17) is 9.47 Å². The number of urea groups is 1. The molecule has 0 saturated carbocycles. The number of anilines is 1. The molecule has 1 unspecified atom stereocenters. The molecule has 0 bridgehead atoms. The molecule has 2 saturated heterocycles. The summed E-state index contributed by atoms with van der Waals surface area (Å²) in [6.07, 6.45) is 4.61. The lowest BCUT2D eigenvalue weighted by molar-refractivity contribution is 0.0443. The number of carbonyl (C=O) groups excluding carboxylic acids is 1. The average molecular weight is 435 g/mol. The van der Waals surface area contributed by atoms with Crippen molar-refractivity contribution in [2.45, 2.75) is 25.5 Å². The number of likely N-dealkylation sites (tertiary alicyclic amines) is 1. The van der Waals surface area contributed by atoms with E-state index >= 15 is 0 Å². The van der Waals surface area contributed by atoms with E-state index in [1.54, 1.807) is 18.3 Å². The molecular formula is C22H25N7O3. The third kappa shape index (κ3) is 4.03. The molecule has 1 atom stereocenters. The minimum absolute atomic E-state index is 0.0504. The second kappa shape index (κ2) is 8.96. The topological polar surface area (TPSA) is 108 Å². The van der Waals surface area contributed by atoms with E-state index in [0.29, 0.717) is 63.2 Å². The molecule has 0 aliphatic carbocycles. The number of nitrogens with zero attached hydrogens (tertiary/aromatic N) is 7. The molecule has 0 radical (unpaired) electrons. The first kappa shape index (κ1) is 20.5. The van der Waals surface area contributed by atoms with Gasteiger partial charge < -0.3 is 24.2 Å². The van der Waals surface area contributed by atoms with Gasteiger partial charge in [0.2, 0.25) is 5.88 Å². The minimum Gasteiger partial charge on any atom is -0.472 e. The number of morpholine rings is 1. The number of hydrogen-bond donors (Lipinski definition) is 0. The van der Waals surface area contributed by atoms with Crippen LogP contribution in [0.3, 0.4) is 0 Å². The zero-order valence-electron chi connectivity index (χ0n) is 17.8. The Hall–Kier alpha value is -3.45. The van der Waals surface area contributed by atoms with Crippen molar-refractivity contribution >= 4 is 11.8 Å². The van der Waals surface area contributed by atoms with Crippen molar-refractivity contribution < 1.29 is 14.3 Å². The maximum absolute atomic E-state index is 12.8. The molecule has 2 fully saturated rings. The Morgan fingerprint density at radius 1 is 1.16 bits per heavy atom. The van der Waals surface area contributed by atoms with Crippen LogP contribution in [-0.4, -0.2) is 82.8 Å². The quantitative estimate of drug-likeness (QED) is 0.708. The summed E-state index contributed by atoms with van der Waals surface area (Å²) in [5.74, 6) is 1.22. The number of amides is 2. The lowest BCUT2D eigenvalue weighted by Gasteiger charge is -2.31. The third-order valence-corrected chi connectivity index (χ3v) is 6.14. The number of ether oxygens (including phenoxy) is 2. The maximum Gasteiger partial charge on any atom is 0.320 e. The highest BCUT2D eigenvalue weighted by Crippen LogP contribution is 2.30. The van der Waals surface area contributed by atoms with Crippen molar-refractivity contribution in [3.05, 3.63) is 41.5 Å². The molecule has 10 heteroatoms. The van der Waals surface area contributed by atoms with Crippen LogP contribution >= 0.6 is 0 Å². The van der Waals surface area contributed by atoms with E-state index in [1.807, 2.05) is 9.80 Å². The summed E-state index contributed by atoms with van der Waals surface area (Å²) in [6.45, 7) is 4.90. The smallest absolute Gasteiger partial charge is 0.320 e. The molecule has 0 spiro atoms. The molecular weight excluding hydrogens is 410 g/mol. The highest BCUT2D eigenvalue weighted by molar-refractivity contribution is 5.75.